The number of unbranched alkanes of at least 4 members (excludes halogenated alkanes) is 59. The Morgan fingerprint density at radius 1 is 0.248 bits per heavy atom. The van der Waals surface area contributed by atoms with Gasteiger partial charge in [0, 0.05) is 25.7 Å². The Kier molecular flexibility index (Phi) is 79.8. The molecule has 2 unspecified atom stereocenters. The van der Waals surface area contributed by atoms with Crippen molar-refractivity contribution in [2.45, 2.75) is 503 Å². The number of phosphoric acid groups is 2. The Labute approximate surface area is 670 Å². The molecule has 0 aromatic rings. The number of esters is 4. The van der Waals surface area contributed by atoms with E-state index in [0.717, 1.165) is 102 Å². The minimum atomic E-state index is -4.97. The van der Waals surface area contributed by atoms with Crippen molar-refractivity contribution >= 4 is 39.5 Å². The van der Waals surface area contributed by atoms with Gasteiger partial charge in [0.2, 0.25) is 0 Å². The molecule has 109 heavy (non-hydrogen) atoms. The van der Waals surface area contributed by atoms with Crippen LogP contribution in [-0.2, 0) is 65.4 Å². The summed E-state index contributed by atoms with van der Waals surface area (Å²) >= 11 is 0. The third-order valence-corrected chi connectivity index (χ3v) is 23.1. The molecule has 0 saturated heterocycles. The van der Waals surface area contributed by atoms with Crippen LogP contribution in [0.25, 0.3) is 0 Å². The van der Waals surface area contributed by atoms with Crippen molar-refractivity contribution < 1.29 is 80.2 Å². The molecule has 0 spiro atoms. The molecule has 17 nitrogen and oxygen atoms in total. The first kappa shape index (κ1) is 107. The highest BCUT2D eigenvalue weighted by Gasteiger charge is 2.31. The summed E-state index contributed by atoms with van der Waals surface area (Å²) in [5.74, 6) is -0.578. The average Bonchev–Trinajstić information content (AvgIpc) is 0.900. The lowest BCUT2D eigenvalue weighted by Gasteiger charge is -2.21. The monoisotopic (exact) mass is 1590 g/mol. The fraction of sp³-hybridized carbons (Fsp3) is 0.956. The Hall–Kier alpha value is -1.94. The molecule has 3 N–H and O–H groups in total. The first-order valence-corrected chi connectivity index (χ1v) is 49.5. The molecule has 0 amide bonds. The molecule has 0 saturated carbocycles. The van der Waals surface area contributed by atoms with Gasteiger partial charge in [-0.1, -0.05) is 433 Å². The molecule has 0 aliphatic rings. The maximum absolute atomic E-state index is 13.2. The van der Waals surface area contributed by atoms with Gasteiger partial charge in [0.25, 0.3) is 0 Å². The van der Waals surface area contributed by atoms with E-state index in [1.54, 1.807) is 0 Å². The van der Waals surface area contributed by atoms with Gasteiger partial charge in [-0.25, -0.2) is 9.13 Å². The van der Waals surface area contributed by atoms with Crippen LogP contribution in [0.5, 0.6) is 0 Å². The lowest BCUT2D eigenvalue weighted by Crippen LogP contribution is -2.30. The first-order valence-electron chi connectivity index (χ1n) is 46.5. The zero-order chi connectivity index (χ0) is 79.9. The number of rotatable bonds is 89. The van der Waals surface area contributed by atoms with Crippen LogP contribution in [0.2, 0.25) is 0 Å². The highest BCUT2D eigenvalue weighted by molar-refractivity contribution is 7.47. The van der Waals surface area contributed by atoms with Gasteiger partial charge >= 0.3 is 39.5 Å². The van der Waals surface area contributed by atoms with Crippen LogP contribution < -0.4 is 0 Å². The molecule has 0 fully saturated rings. The van der Waals surface area contributed by atoms with Crippen molar-refractivity contribution in [3.63, 3.8) is 0 Å². The number of hydrogen-bond donors (Lipinski definition) is 3. The minimum absolute atomic E-state index is 0.107. The minimum Gasteiger partial charge on any atom is -0.462 e. The van der Waals surface area contributed by atoms with Crippen LogP contribution in [0.15, 0.2) is 0 Å². The van der Waals surface area contributed by atoms with Gasteiger partial charge in [-0.3, -0.25) is 37.3 Å². The zero-order valence-corrected chi connectivity index (χ0v) is 73.7. The van der Waals surface area contributed by atoms with E-state index in [0.29, 0.717) is 25.7 Å². The maximum atomic E-state index is 13.2. The van der Waals surface area contributed by atoms with E-state index in [9.17, 15) is 43.2 Å². The topological polar surface area (TPSA) is 237 Å². The number of carbonyl (C=O) groups excluding carboxylic acids is 4. The number of carbonyl (C=O) groups is 4. The van der Waals surface area contributed by atoms with E-state index in [1.165, 1.54) is 302 Å². The quantitative estimate of drug-likeness (QED) is 0.0222. The molecule has 5 atom stereocenters. The number of phosphoric ester groups is 2. The van der Waals surface area contributed by atoms with Crippen molar-refractivity contribution in [3.05, 3.63) is 0 Å². The van der Waals surface area contributed by atoms with Gasteiger partial charge in [-0.15, -0.1) is 0 Å². The zero-order valence-electron chi connectivity index (χ0n) is 71.9. The third-order valence-electron chi connectivity index (χ3n) is 21.2. The summed E-state index contributed by atoms with van der Waals surface area (Å²) in [6.07, 6.45) is 75.2. The maximum Gasteiger partial charge on any atom is 0.472 e. The lowest BCUT2D eigenvalue weighted by molar-refractivity contribution is -0.161. The van der Waals surface area contributed by atoms with Gasteiger partial charge in [-0.2, -0.15) is 0 Å². The molecule has 0 aromatic heterocycles. The standard InChI is InChI=1S/C90H176O17P2/c1-7-9-11-13-15-17-19-21-23-25-27-29-31-33-35-37-42-48-54-60-66-72-87(92)100-78-85(106-89(94)74-68-62-56-49-43-38-36-34-32-30-28-26-24-22-20-18-16-14-12-10-8-2)80-104-108(96,97)102-76-84(91)77-103-109(98,99)105-81-86(79-101-88(93)73-67-61-55-51-45-47-53-59-65-71-83(5)6)107-90(95)75-69-63-57-50-44-40-39-41-46-52-58-64-70-82(3)4/h82-86,91H,7-81H2,1-6H3,(H,96,97)(H,98,99)/t84-,85-,86-/m1/s1. The average molecular weight is 1590 g/mol. The molecule has 0 rings (SSSR count). The smallest absolute Gasteiger partial charge is 0.462 e. The summed E-state index contributed by atoms with van der Waals surface area (Å²) in [5.41, 5.74) is 0. The Morgan fingerprint density at radius 3 is 0.624 bits per heavy atom. The molecule has 648 valence electrons. The predicted molar refractivity (Wildman–Crippen MR) is 451 cm³/mol. The van der Waals surface area contributed by atoms with Crippen molar-refractivity contribution in [1.29, 1.82) is 0 Å². The summed E-state index contributed by atoms with van der Waals surface area (Å²) in [7, 11) is -9.93. The van der Waals surface area contributed by atoms with Crippen LogP contribution in [0.4, 0.5) is 0 Å². The summed E-state index contributed by atoms with van der Waals surface area (Å²) in [4.78, 5) is 73.4. The van der Waals surface area contributed by atoms with E-state index in [1.807, 2.05) is 0 Å². The van der Waals surface area contributed by atoms with E-state index < -0.39 is 97.5 Å². The van der Waals surface area contributed by atoms with Gasteiger partial charge in [0.1, 0.15) is 19.3 Å². The molecule has 0 bridgehead atoms. The van der Waals surface area contributed by atoms with Crippen LogP contribution in [0.1, 0.15) is 485 Å². The second-order valence-electron chi connectivity index (χ2n) is 33.3. The molecule has 0 aliphatic heterocycles. The van der Waals surface area contributed by atoms with Crippen molar-refractivity contribution in [3.8, 4) is 0 Å². The largest absolute Gasteiger partial charge is 0.472 e. The highest BCUT2D eigenvalue weighted by Crippen LogP contribution is 2.45. The molecule has 19 heteroatoms. The second kappa shape index (κ2) is 81.2. The molecular weight excluding hydrogens is 1410 g/mol. The van der Waals surface area contributed by atoms with Gasteiger partial charge in [-0.05, 0) is 37.5 Å². The molecule has 0 heterocycles. The Bertz CT molecular complexity index is 2080. The normalized spacial score (nSPS) is 13.8. The second-order valence-corrected chi connectivity index (χ2v) is 36.2. The van der Waals surface area contributed by atoms with Gasteiger partial charge < -0.3 is 33.8 Å². The van der Waals surface area contributed by atoms with E-state index in [4.69, 9.17) is 37.0 Å². The Balaban J connectivity index is 5.24. The highest BCUT2D eigenvalue weighted by atomic mass is 31.2. The van der Waals surface area contributed by atoms with E-state index in [-0.39, 0.29) is 25.7 Å². The third kappa shape index (κ3) is 83.8. The molecular formula is C90H176O17P2. The van der Waals surface area contributed by atoms with Gasteiger partial charge in [0.05, 0.1) is 26.4 Å². The van der Waals surface area contributed by atoms with Crippen LogP contribution in [0.3, 0.4) is 0 Å². The van der Waals surface area contributed by atoms with Crippen molar-refractivity contribution in [2.75, 3.05) is 39.6 Å². The SMILES string of the molecule is CCCCCCCCCCCCCCCCCCCCCCCC(=O)OC[C@H](COP(=O)(O)OC[C@@H](O)COP(=O)(O)OC[C@@H](COC(=O)CCCCCCCCCCCC(C)C)OC(=O)CCCCCCCCCCCCCCC(C)C)OC(=O)CCCCCCCCCCCCCCCCCCCCCCC. The number of aliphatic hydroxyl groups excluding tert-OH is 1. The molecule has 0 aromatic carbocycles. The number of ether oxygens (including phenoxy) is 4. The Morgan fingerprint density at radius 2 is 0.422 bits per heavy atom. The van der Waals surface area contributed by atoms with Crippen LogP contribution in [0, 0.1) is 11.8 Å². The van der Waals surface area contributed by atoms with Crippen LogP contribution >= 0.6 is 15.6 Å². The fourth-order valence-electron chi connectivity index (χ4n) is 14.1. The number of hydrogen-bond acceptors (Lipinski definition) is 15. The summed E-state index contributed by atoms with van der Waals surface area (Å²) < 4.78 is 69.0. The summed E-state index contributed by atoms with van der Waals surface area (Å²) in [5, 5.41) is 10.7. The fourth-order valence-corrected chi connectivity index (χ4v) is 15.7. The summed E-state index contributed by atoms with van der Waals surface area (Å²) in [6.45, 7) is 9.68. The summed E-state index contributed by atoms with van der Waals surface area (Å²) in [6, 6.07) is 0. The first-order chi connectivity index (χ1) is 52.9. The van der Waals surface area contributed by atoms with Gasteiger partial charge in [0.15, 0.2) is 12.2 Å². The number of aliphatic hydroxyl groups is 1. The molecule has 0 radical (unpaired) electrons. The lowest BCUT2D eigenvalue weighted by atomic mass is 10.0. The van der Waals surface area contributed by atoms with Crippen molar-refractivity contribution in [1.82, 2.24) is 0 Å². The molecule has 0 aliphatic carbocycles. The van der Waals surface area contributed by atoms with E-state index in [2.05, 4.69) is 41.5 Å². The van der Waals surface area contributed by atoms with Crippen molar-refractivity contribution in [2.24, 2.45) is 11.8 Å². The predicted octanol–water partition coefficient (Wildman–Crippen LogP) is 27.8. The van der Waals surface area contributed by atoms with Crippen LogP contribution in [-0.4, -0.2) is 96.7 Å². The van der Waals surface area contributed by atoms with E-state index >= 15 is 0 Å².